The molecule has 1 aliphatic rings. The van der Waals surface area contributed by atoms with Crippen LogP contribution < -0.4 is 20.7 Å². The van der Waals surface area contributed by atoms with Crippen molar-refractivity contribution in [1.29, 1.82) is 0 Å². The van der Waals surface area contributed by atoms with Crippen molar-refractivity contribution in [2.75, 3.05) is 50.0 Å². The fourth-order valence-electron chi connectivity index (χ4n) is 3.47. The first kappa shape index (κ1) is 22.0. The van der Waals surface area contributed by atoms with Gasteiger partial charge in [0, 0.05) is 43.8 Å². The molecule has 0 bridgehead atoms. The lowest BCUT2D eigenvalue weighted by Gasteiger charge is -2.33. The summed E-state index contributed by atoms with van der Waals surface area (Å²) in [5.74, 6) is 2.76. The molecule has 0 spiro atoms. The van der Waals surface area contributed by atoms with Crippen LogP contribution in [0, 0.1) is 0 Å². The van der Waals surface area contributed by atoms with Gasteiger partial charge in [-0.1, -0.05) is 6.07 Å². The third-order valence-corrected chi connectivity index (χ3v) is 5.52. The maximum atomic E-state index is 5.91. The van der Waals surface area contributed by atoms with E-state index in [4.69, 9.17) is 15.5 Å². The first-order valence-corrected chi connectivity index (χ1v) is 10.9. The van der Waals surface area contributed by atoms with Crippen LogP contribution >= 0.6 is 0 Å². The molecule has 1 aliphatic heterocycles. The van der Waals surface area contributed by atoms with E-state index in [0.29, 0.717) is 24.0 Å². The number of likely N-dealkylation sites (N-methyl/N-ethyl adjacent to an activating group) is 1. The molecule has 0 amide bonds. The largest absolute Gasteiger partial charge is 0.437 e. The van der Waals surface area contributed by atoms with Crippen LogP contribution in [0.4, 0.5) is 11.6 Å². The van der Waals surface area contributed by atoms with Gasteiger partial charge in [0.15, 0.2) is 0 Å². The molecular formula is C24H31N7O. The molecule has 4 rings (SSSR count). The Morgan fingerprint density at radius 2 is 1.75 bits per heavy atom. The highest BCUT2D eigenvalue weighted by atomic mass is 16.5. The number of nitrogens with one attached hydrogen (secondary N) is 1. The zero-order valence-corrected chi connectivity index (χ0v) is 19.0. The van der Waals surface area contributed by atoms with Gasteiger partial charge >= 0.3 is 0 Å². The highest BCUT2D eigenvalue weighted by Gasteiger charge is 2.17. The van der Waals surface area contributed by atoms with Gasteiger partial charge < -0.3 is 25.6 Å². The summed E-state index contributed by atoms with van der Waals surface area (Å²) in [6, 6.07) is 14.1. The van der Waals surface area contributed by atoms with Crippen LogP contribution in [-0.4, -0.2) is 65.2 Å². The average molecular weight is 434 g/mol. The summed E-state index contributed by atoms with van der Waals surface area (Å²) in [7, 11) is 2.16. The van der Waals surface area contributed by atoms with E-state index in [2.05, 4.69) is 44.3 Å². The number of rotatable bonds is 7. The Morgan fingerprint density at radius 3 is 2.47 bits per heavy atom. The molecule has 32 heavy (non-hydrogen) atoms. The maximum Gasteiger partial charge on any atom is 0.239 e. The second-order valence-electron chi connectivity index (χ2n) is 8.75. The zero-order chi connectivity index (χ0) is 22.6. The molecule has 0 radical (unpaired) electrons. The average Bonchev–Trinajstić information content (AvgIpc) is 2.80. The Kier molecular flexibility index (Phi) is 6.53. The molecule has 8 heteroatoms. The van der Waals surface area contributed by atoms with Gasteiger partial charge in [-0.3, -0.25) is 4.98 Å². The summed E-state index contributed by atoms with van der Waals surface area (Å²) in [4.78, 5) is 18.3. The lowest BCUT2D eigenvalue weighted by atomic mass is 10.1. The molecule has 8 nitrogen and oxygen atoms in total. The number of aromatic nitrogens is 3. The molecule has 3 aromatic rings. The molecule has 1 saturated heterocycles. The van der Waals surface area contributed by atoms with Crippen molar-refractivity contribution in [3.63, 3.8) is 0 Å². The van der Waals surface area contributed by atoms with E-state index >= 15 is 0 Å². The van der Waals surface area contributed by atoms with Crippen LogP contribution in [0.3, 0.4) is 0 Å². The van der Waals surface area contributed by atoms with Gasteiger partial charge in [-0.2, -0.15) is 4.98 Å². The second-order valence-corrected chi connectivity index (χ2v) is 8.75. The molecule has 0 atom stereocenters. The topological polar surface area (TPSA) is 92.4 Å². The summed E-state index contributed by atoms with van der Waals surface area (Å²) in [6.45, 7) is 8.60. The molecular weight excluding hydrogens is 402 g/mol. The van der Waals surface area contributed by atoms with Gasteiger partial charge in [0.25, 0.3) is 0 Å². The molecule has 0 saturated carbocycles. The van der Waals surface area contributed by atoms with Crippen molar-refractivity contribution in [1.82, 2.24) is 19.9 Å². The summed E-state index contributed by atoms with van der Waals surface area (Å²) in [6.07, 6.45) is 3.25. The van der Waals surface area contributed by atoms with Gasteiger partial charge in [0.2, 0.25) is 5.88 Å². The second kappa shape index (κ2) is 9.50. The van der Waals surface area contributed by atoms with E-state index in [1.54, 1.807) is 12.4 Å². The van der Waals surface area contributed by atoms with Crippen LogP contribution in [0.2, 0.25) is 0 Å². The monoisotopic (exact) mass is 433 g/mol. The fourth-order valence-corrected chi connectivity index (χ4v) is 3.47. The Hall–Kier alpha value is -3.23. The molecule has 2 aromatic heterocycles. The predicted octanol–water partition coefficient (Wildman–Crippen LogP) is 3.23. The number of nitrogens with two attached hydrogens (primary N) is 1. The highest BCUT2D eigenvalue weighted by molar-refractivity contribution is 5.62. The van der Waals surface area contributed by atoms with E-state index < -0.39 is 0 Å². The minimum absolute atomic E-state index is 0.277. The van der Waals surface area contributed by atoms with Crippen LogP contribution in [0.15, 0.2) is 54.9 Å². The Balaban J connectivity index is 1.44. The van der Waals surface area contributed by atoms with Crippen molar-refractivity contribution in [2.24, 2.45) is 5.73 Å². The van der Waals surface area contributed by atoms with Crippen LogP contribution in [0.1, 0.15) is 13.8 Å². The van der Waals surface area contributed by atoms with Crippen molar-refractivity contribution < 1.29 is 4.74 Å². The van der Waals surface area contributed by atoms with Crippen molar-refractivity contribution >= 4 is 11.6 Å². The van der Waals surface area contributed by atoms with Gasteiger partial charge in [-0.25, -0.2) is 4.98 Å². The number of anilines is 2. The van der Waals surface area contributed by atoms with Crippen LogP contribution in [0.25, 0.3) is 11.3 Å². The van der Waals surface area contributed by atoms with Crippen LogP contribution in [0.5, 0.6) is 11.6 Å². The third kappa shape index (κ3) is 5.52. The predicted molar refractivity (Wildman–Crippen MR) is 128 cm³/mol. The Labute approximate surface area is 189 Å². The van der Waals surface area contributed by atoms with E-state index in [0.717, 1.165) is 43.3 Å². The number of hydrogen-bond acceptors (Lipinski definition) is 8. The van der Waals surface area contributed by atoms with Gasteiger partial charge in [-0.15, -0.1) is 0 Å². The maximum absolute atomic E-state index is 5.91. The van der Waals surface area contributed by atoms with E-state index in [1.807, 2.05) is 44.2 Å². The summed E-state index contributed by atoms with van der Waals surface area (Å²) in [5, 5.41) is 3.27. The van der Waals surface area contributed by atoms with E-state index in [-0.39, 0.29) is 5.54 Å². The summed E-state index contributed by atoms with van der Waals surface area (Å²) >= 11 is 0. The summed E-state index contributed by atoms with van der Waals surface area (Å²) < 4.78 is 5.91. The van der Waals surface area contributed by atoms with Crippen LogP contribution in [-0.2, 0) is 0 Å². The lowest BCUT2D eigenvalue weighted by molar-refractivity contribution is 0.312. The van der Waals surface area contributed by atoms with E-state index in [9.17, 15) is 0 Å². The fraction of sp³-hybridized carbons (Fsp3) is 0.375. The van der Waals surface area contributed by atoms with Gasteiger partial charge in [-0.05, 0) is 57.3 Å². The van der Waals surface area contributed by atoms with Crippen molar-refractivity contribution in [2.45, 2.75) is 19.4 Å². The van der Waals surface area contributed by atoms with Gasteiger partial charge in [0.05, 0.1) is 18.1 Å². The number of nitrogens with zero attached hydrogens (tertiary/aromatic N) is 5. The number of piperazine rings is 1. The smallest absolute Gasteiger partial charge is 0.239 e. The zero-order valence-electron chi connectivity index (χ0n) is 19.0. The molecule has 168 valence electrons. The SMILES string of the molecule is CN1CCN(c2cccc(-c3ccc(Oc4cncc(NC(C)(C)CN)n4)cc3)n2)CC1. The van der Waals surface area contributed by atoms with Crippen molar-refractivity contribution in [3.8, 4) is 22.9 Å². The number of ether oxygens (including phenoxy) is 1. The first-order chi connectivity index (χ1) is 15.4. The Bertz CT molecular complexity index is 1030. The number of hydrogen-bond donors (Lipinski definition) is 2. The standard InChI is InChI=1S/C24H31N7O/c1-24(2,17-25)29-21-15-26-16-23(28-21)32-19-9-7-18(8-10-19)20-5-4-6-22(27-20)31-13-11-30(3)12-14-31/h4-10,15-16H,11-14,17,25H2,1-3H3,(H,28,29). The normalized spacial score (nSPS) is 14.9. The molecule has 0 unspecified atom stereocenters. The Morgan fingerprint density at radius 1 is 1.00 bits per heavy atom. The van der Waals surface area contributed by atoms with Gasteiger partial charge in [0.1, 0.15) is 17.4 Å². The molecule has 3 heterocycles. The lowest BCUT2D eigenvalue weighted by Crippen LogP contribution is -2.44. The highest BCUT2D eigenvalue weighted by Crippen LogP contribution is 2.26. The molecule has 3 N–H and O–H groups in total. The number of benzene rings is 1. The molecule has 1 aromatic carbocycles. The summed E-state index contributed by atoms with van der Waals surface area (Å²) in [5.41, 5.74) is 7.49. The number of pyridine rings is 1. The quantitative estimate of drug-likeness (QED) is 0.587. The minimum atomic E-state index is -0.277. The molecule has 1 fully saturated rings. The minimum Gasteiger partial charge on any atom is -0.437 e. The first-order valence-electron chi connectivity index (χ1n) is 10.9. The molecule has 0 aliphatic carbocycles. The van der Waals surface area contributed by atoms with Crippen molar-refractivity contribution in [3.05, 3.63) is 54.9 Å². The third-order valence-electron chi connectivity index (χ3n) is 5.52. The van der Waals surface area contributed by atoms with E-state index in [1.165, 1.54) is 0 Å².